The number of rotatable bonds is 6. The Hall–Kier alpha value is -1.42. The summed E-state index contributed by atoms with van der Waals surface area (Å²) in [6.07, 6.45) is 0. The smallest absolute Gasteiger partial charge is 0.251 e. The maximum atomic E-state index is 13.0. The lowest BCUT2D eigenvalue weighted by Gasteiger charge is -2.22. The Labute approximate surface area is 114 Å². The number of amides is 1. The first kappa shape index (κ1) is 15.6. The van der Waals surface area contributed by atoms with E-state index in [1.807, 2.05) is 20.8 Å². The van der Waals surface area contributed by atoms with Crippen molar-refractivity contribution in [1.29, 1.82) is 0 Å². The number of ether oxygens (including phenoxy) is 1. The molecule has 106 valence electrons. The predicted octanol–water partition coefficient (Wildman–Crippen LogP) is 2.93. The largest absolute Gasteiger partial charge is 0.380 e. The molecule has 1 aromatic rings. The molecule has 0 bridgehead atoms. The zero-order valence-corrected chi connectivity index (χ0v) is 12.0. The topological polar surface area (TPSA) is 38.3 Å². The van der Waals surface area contributed by atoms with Gasteiger partial charge in [-0.25, -0.2) is 4.39 Å². The molecule has 1 unspecified atom stereocenters. The predicted molar refractivity (Wildman–Crippen MR) is 73.7 cm³/mol. The fourth-order valence-corrected chi connectivity index (χ4v) is 1.77. The average Bonchev–Trinajstić information content (AvgIpc) is 2.33. The van der Waals surface area contributed by atoms with E-state index >= 15 is 0 Å². The Morgan fingerprint density at radius 1 is 1.42 bits per heavy atom. The van der Waals surface area contributed by atoms with Crippen LogP contribution in [0.2, 0.25) is 0 Å². The summed E-state index contributed by atoms with van der Waals surface area (Å²) in [7, 11) is 0. The summed E-state index contributed by atoms with van der Waals surface area (Å²) in [6, 6.07) is 4.13. The third-order valence-electron chi connectivity index (χ3n) is 3.06. The summed E-state index contributed by atoms with van der Waals surface area (Å²) < 4.78 is 18.4. The molecule has 1 aromatic carbocycles. The molecule has 1 amide bonds. The molecular weight excluding hydrogens is 245 g/mol. The molecule has 0 aliphatic rings. The number of benzene rings is 1. The first-order chi connectivity index (χ1) is 8.95. The lowest BCUT2D eigenvalue weighted by atomic mass is 10.0. The van der Waals surface area contributed by atoms with Gasteiger partial charge in [0.2, 0.25) is 0 Å². The Kier molecular flexibility index (Phi) is 5.96. The molecule has 4 heteroatoms. The quantitative estimate of drug-likeness (QED) is 0.860. The van der Waals surface area contributed by atoms with E-state index in [1.165, 1.54) is 18.2 Å². The summed E-state index contributed by atoms with van der Waals surface area (Å²) in [5.74, 6) is -0.240. The second kappa shape index (κ2) is 7.24. The Bertz CT molecular complexity index is 432. The van der Waals surface area contributed by atoms with Crippen LogP contribution in [0.3, 0.4) is 0 Å². The fourth-order valence-electron chi connectivity index (χ4n) is 1.77. The van der Waals surface area contributed by atoms with Crippen LogP contribution in [0.1, 0.15) is 36.7 Å². The van der Waals surface area contributed by atoms with Crippen LogP contribution in [0.5, 0.6) is 0 Å². The van der Waals surface area contributed by atoms with E-state index in [0.717, 1.165) is 0 Å². The lowest BCUT2D eigenvalue weighted by Crippen LogP contribution is -2.42. The number of aryl methyl sites for hydroxylation is 1. The minimum absolute atomic E-state index is 0.0445. The van der Waals surface area contributed by atoms with Gasteiger partial charge >= 0.3 is 0 Å². The van der Waals surface area contributed by atoms with Gasteiger partial charge in [0.1, 0.15) is 5.82 Å². The van der Waals surface area contributed by atoms with Crippen molar-refractivity contribution >= 4 is 5.91 Å². The first-order valence-electron chi connectivity index (χ1n) is 6.60. The fraction of sp³-hybridized carbons (Fsp3) is 0.533. The Morgan fingerprint density at radius 3 is 2.63 bits per heavy atom. The summed E-state index contributed by atoms with van der Waals surface area (Å²) in [5.41, 5.74) is 1.14. The SMILES string of the molecule is CCOCC(NC(=O)c1ccc(F)cc1C)C(C)C. The van der Waals surface area contributed by atoms with E-state index in [0.29, 0.717) is 24.3 Å². The van der Waals surface area contributed by atoms with Crippen molar-refractivity contribution in [3.63, 3.8) is 0 Å². The molecule has 0 fully saturated rings. The zero-order chi connectivity index (χ0) is 14.4. The van der Waals surface area contributed by atoms with Gasteiger partial charge in [0.25, 0.3) is 5.91 Å². The molecule has 0 aromatic heterocycles. The molecule has 0 spiro atoms. The summed E-state index contributed by atoms with van der Waals surface area (Å²) in [4.78, 5) is 12.2. The molecule has 0 saturated heterocycles. The standard InChI is InChI=1S/C15H22FNO2/c1-5-19-9-14(10(2)3)17-15(18)13-7-6-12(16)8-11(13)4/h6-8,10,14H,5,9H2,1-4H3,(H,17,18). The minimum Gasteiger partial charge on any atom is -0.380 e. The molecule has 1 N–H and O–H groups in total. The van der Waals surface area contributed by atoms with E-state index in [1.54, 1.807) is 6.92 Å². The highest BCUT2D eigenvalue weighted by molar-refractivity contribution is 5.95. The molecule has 0 radical (unpaired) electrons. The minimum atomic E-state index is -0.330. The van der Waals surface area contributed by atoms with Crippen LogP contribution in [-0.4, -0.2) is 25.2 Å². The lowest BCUT2D eigenvalue weighted by molar-refractivity contribution is 0.0805. The molecule has 19 heavy (non-hydrogen) atoms. The van der Waals surface area contributed by atoms with E-state index in [9.17, 15) is 9.18 Å². The van der Waals surface area contributed by atoms with Crippen LogP contribution in [0.4, 0.5) is 4.39 Å². The molecule has 1 atom stereocenters. The van der Waals surface area contributed by atoms with Crippen molar-refractivity contribution in [3.05, 3.63) is 35.1 Å². The average molecular weight is 267 g/mol. The van der Waals surface area contributed by atoms with Gasteiger partial charge in [-0.2, -0.15) is 0 Å². The second-order valence-electron chi connectivity index (χ2n) is 4.94. The zero-order valence-electron chi connectivity index (χ0n) is 12.0. The van der Waals surface area contributed by atoms with Crippen LogP contribution >= 0.6 is 0 Å². The molecule has 0 aliphatic heterocycles. The van der Waals surface area contributed by atoms with Gasteiger partial charge in [-0.3, -0.25) is 4.79 Å². The van der Waals surface area contributed by atoms with Crippen LogP contribution < -0.4 is 5.32 Å². The highest BCUT2D eigenvalue weighted by Crippen LogP contribution is 2.11. The third kappa shape index (κ3) is 4.63. The van der Waals surface area contributed by atoms with Gasteiger partial charge in [-0.15, -0.1) is 0 Å². The summed E-state index contributed by atoms with van der Waals surface area (Å²) in [6.45, 7) is 8.81. The van der Waals surface area contributed by atoms with Gasteiger partial charge in [0, 0.05) is 12.2 Å². The van der Waals surface area contributed by atoms with Gasteiger partial charge < -0.3 is 10.1 Å². The third-order valence-corrected chi connectivity index (χ3v) is 3.06. The van der Waals surface area contributed by atoms with Gasteiger partial charge in [0.15, 0.2) is 0 Å². The van der Waals surface area contributed by atoms with Crippen molar-refractivity contribution in [2.24, 2.45) is 5.92 Å². The summed E-state index contributed by atoms with van der Waals surface area (Å²) in [5, 5.41) is 2.94. The first-order valence-corrected chi connectivity index (χ1v) is 6.60. The van der Waals surface area contributed by atoms with Crippen molar-refractivity contribution < 1.29 is 13.9 Å². The van der Waals surface area contributed by atoms with Crippen LogP contribution in [-0.2, 0) is 4.74 Å². The highest BCUT2D eigenvalue weighted by atomic mass is 19.1. The molecule has 0 heterocycles. The molecule has 1 rings (SSSR count). The number of hydrogen-bond acceptors (Lipinski definition) is 2. The number of hydrogen-bond donors (Lipinski definition) is 1. The number of nitrogens with one attached hydrogen (secondary N) is 1. The Balaban J connectivity index is 2.76. The number of halogens is 1. The highest BCUT2D eigenvalue weighted by Gasteiger charge is 2.18. The molecule has 0 aliphatic carbocycles. The number of carbonyl (C=O) groups is 1. The second-order valence-corrected chi connectivity index (χ2v) is 4.94. The van der Waals surface area contributed by atoms with E-state index in [4.69, 9.17) is 4.74 Å². The van der Waals surface area contributed by atoms with Crippen molar-refractivity contribution in [3.8, 4) is 0 Å². The maximum Gasteiger partial charge on any atom is 0.251 e. The van der Waals surface area contributed by atoms with Gasteiger partial charge in [-0.05, 0) is 43.5 Å². The molecule has 0 saturated carbocycles. The van der Waals surface area contributed by atoms with E-state index in [-0.39, 0.29) is 23.7 Å². The van der Waals surface area contributed by atoms with Crippen molar-refractivity contribution in [2.45, 2.75) is 33.7 Å². The van der Waals surface area contributed by atoms with Gasteiger partial charge in [-0.1, -0.05) is 13.8 Å². The normalized spacial score (nSPS) is 12.5. The monoisotopic (exact) mass is 267 g/mol. The molecule has 3 nitrogen and oxygen atoms in total. The van der Waals surface area contributed by atoms with E-state index in [2.05, 4.69) is 5.32 Å². The molecular formula is C15H22FNO2. The van der Waals surface area contributed by atoms with Crippen LogP contribution in [0.15, 0.2) is 18.2 Å². The number of carbonyl (C=O) groups excluding carboxylic acids is 1. The Morgan fingerprint density at radius 2 is 2.11 bits per heavy atom. The summed E-state index contributed by atoms with van der Waals surface area (Å²) >= 11 is 0. The van der Waals surface area contributed by atoms with Crippen molar-refractivity contribution in [2.75, 3.05) is 13.2 Å². The maximum absolute atomic E-state index is 13.0. The van der Waals surface area contributed by atoms with Crippen LogP contribution in [0.25, 0.3) is 0 Å². The van der Waals surface area contributed by atoms with Gasteiger partial charge in [0.05, 0.1) is 12.6 Å². The van der Waals surface area contributed by atoms with Crippen molar-refractivity contribution in [1.82, 2.24) is 5.32 Å². The van der Waals surface area contributed by atoms with Crippen LogP contribution in [0, 0.1) is 18.7 Å². The van der Waals surface area contributed by atoms with E-state index < -0.39 is 0 Å².